The Hall–Kier alpha value is -2.05. The molecule has 1 aliphatic rings. The third kappa shape index (κ3) is 3.12. The molecule has 3 rings (SSSR count). The van der Waals surface area contributed by atoms with E-state index in [9.17, 15) is 14.7 Å². The Kier molecular flexibility index (Phi) is 4.51. The Labute approximate surface area is 144 Å². The zero-order chi connectivity index (χ0) is 17.4. The van der Waals surface area contributed by atoms with Gasteiger partial charge in [0.15, 0.2) is 0 Å². The van der Waals surface area contributed by atoms with Crippen molar-refractivity contribution in [3.63, 3.8) is 0 Å². The van der Waals surface area contributed by atoms with E-state index >= 15 is 0 Å². The van der Waals surface area contributed by atoms with Crippen molar-refractivity contribution in [3.8, 4) is 5.75 Å². The van der Waals surface area contributed by atoms with E-state index in [4.69, 9.17) is 16.3 Å². The minimum absolute atomic E-state index is 0.181. The van der Waals surface area contributed by atoms with Gasteiger partial charge in [0.1, 0.15) is 17.9 Å². The summed E-state index contributed by atoms with van der Waals surface area (Å²) in [5.74, 6) is -0.691. The Morgan fingerprint density at radius 1 is 1.42 bits per heavy atom. The number of carboxylic acids is 1. The molecular weight excluding hydrogens is 332 g/mol. The number of nitrogens with zero attached hydrogens (tertiary/aromatic N) is 2. The topological polar surface area (TPSA) is 71.8 Å². The highest BCUT2D eigenvalue weighted by Crippen LogP contribution is 2.40. The fourth-order valence-electron chi connectivity index (χ4n) is 2.66. The summed E-state index contributed by atoms with van der Waals surface area (Å²) in [4.78, 5) is 26.0. The number of rotatable bonds is 6. The van der Waals surface area contributed by atoms with E-state index in [1.54, 1.807) is 12.1 Å². The Morgan fingerprint density at radius 2 is 2.12 bits per heavy atom. The summed E-state index contributed by atoms with van der Waals surface area (Å²) in [6, 6.07) is 3.50. The SMILES string of the molecule is CN(C)CCOc1ccc(Cl)c2c(=O)c(C(=O)O)cn(C3CC3)c12. The lowest BCUT2D eigenvalue weighted by Gasteiger charge is -2.17. The molecule has 7 heteroatoms. The van der Waals surface area contributed by atoms with Crippen LogP contribution >= 0.6 is 11.6 Å². The highest BCUT2D eigenvalue weighted by Gasteiger charge is 2.29. The molecule has 1 aromatic carbocycles. The molecule has 0 saturated heterocycles. The van der Waals surface area contributed by atoms with E-state index in [1.165, 1.54) is 6.20 Å². The van der Waals surface area contributed by atoms with Gasteiger partial charge >= 0.3 is 5.97 Å². The average molecular weight is 351 g/mol. The maximum atomic E-state index is 12.6. The van der Waals surface area contributed by atoms with Gasteiger partial charge in [-0.3, -0.25) is 4.79 Å². The highest BCUT2D eigenvalue weighted by molar-refractivity contribution is 6.35. The second kappa shape index (κ2) is 6.45. The molecule has 24 heavy (non-hydrogen) atoms. The first-order chi connectivity index (χ1) is 11.4. The zero-order valence-corrected chi connectivity index (χ0v) is 14.3. The zero-order valence-electron chi connectivity index (χ0n) is 13.6. The number of ether oxygens (including phenoxy) is 1. The number of likely N-dealkylation sites (N-methyl/N-ethyl adjacent to an activating group) is 1. The molecule has 6 nitrogen and oxygen atoms in total. The molecule has 1 aliphatic carbocycles. The lowest BCUT2D eigenvalue weighted by Crippen LogP contribution is -2.21. The van der Waals surface area contributed by atoms with Gasteiger partial charge in [-0.1, -0.05) is 11.6 Å². The van der Waals surface area contributed by atoms with Crippen molar-refractivity contribution >= 4 is 28.5 Å². The maximum Gasteiger partial charge on any atom is 0.341 e. The van der Waals surface area contributed by atoms with Gasteiger partial charge in [0, 0.05) is 18.8 Å². The Morgan fingerprint density at radius 3 is 2.71 bits per heavy atom. The van der Waals surface area contributed by atoms with Crippen LogP contribution in [-0.4, -0.2) is 47.8 Å². The molecule has 0 amide bonds. The number of hydrogen-bond donors (Lipinski definition) is 1. The van der Waals surface area contributed by atoms with E-state index in [-0.39, 0.29) is 22.0 Å². The second-order valence-corrected chi connectivity index (χ2v) is 6.64. The minimum atomic E-state index is -1.24. The monoisotopic (exact) mass is 350 g/mol. The fraction of sp³-hybridized carbons (Fsp3) is 0.412. The van der Waals surface area contributed by atoms with Gasteiger partial charge in [-0.2, -0.15) is 0 Å². The van der Waals surface area contributed by atoms with Gasteiger partial charge in [-0.25, -0.2) is 4.79 Å². The van der Waals surface area contributed by atoms with Crippen LogP contribution < -0.4 is 10.2 Å². The number of aromatic carboxylic acids is 1. The molecule has 1 N–H and O–H groups in total. The van der Waals surface area contributed by atoms with Crippen LogP contribution in [0.15, 0.2) is 23.1 Å². The van der Waals surface area contributed by atoms with Crippen LogP contribution in [0.4, 0.5) is 0 Å². The number of carbonyl (C=O) groups is 1. The molecule has 0 aliphatic heterocycles. The summed E-state index contributed by atoms with van der Waals surface area (Å²) in [6.45, 7) is 1.19. The van der Waals surface area contributed by atoms with Crippen LogP contribution in [0.25, 0.3) is 10.9 Å². The van der Waals surface area contributed by atoms with Gasteiger partial charge in [-0.05, 0) is 39.1 Å². The number of halogens is 1. The molecule has 1 fully saturated rings. The van der Waals surface area contributed by atoms with Crippen LogP contribution in [0, 0.1) is 0 Å². The first-order valence-electron chi connectivity index (χ1n) is 7.78. The van der Waals surface area contributed by atoms with Crippen LogP contribution in [0.1, 0.15) is 29.2 Å². The van der Waals surface area contributed by atoms with Crippen molar-refractivity contribution in [1.29, 1.82) is 0 Å². The second-order valence-electron chi connectivity index (χ2n) is 6.24. The summed E-state index contributed by atoms with van der Waals surface area (Å²) in [5, 5.41) is 9.78. The molecule has 0 bridgehead atoms. The van der Waals surface area contributed by atoms with Gasteiger partial charge in [0.05, 0.1) is 15.9 Å². The lowest BCUT2D eigenvalue weighted by atomic mass is 10.1. The third-order valence-corrected chi connectivity index (χ3v) is 4.37. The Bertz CT molecular complexity index is 856. The van der Waals surface area contributed by atoms with Crippen molar-refractivity contribution in [2.45, 2.75) is 18.9 Å². The number of hydrogen-bond acceptors (Lipinski definition) is 4. The fourth-order valence-corrected chi connectivity index (χ4v) is 2.90. The molecule has 128 valence electrons. The van der Waals surface area contributed by atoms with Crippen LogP contribution in [0.2, 0.25) is 5.02 Å². The van der Waals surface area contributed by atoms with E-state index in [1.807, 2.05) is 23.6 Å². The number of carboxylic acid groups (broad SMARTS) is 1. The molecular formula is C17H19ClN2O4. The van der Waals surface area contributed by atoms with Crippen molar-refractivity contribution in [2.75, 3.05) is 27.2 Å². The minimum Gasteiger partial charge on any atom is -0.490 e. The van der Waals surface area contributed by atoms with Gasteiger partial charge < -0.3 is 19.3 Å². The first-order valence-corrected chi connectivity index (χ1v) is 8.16. The van der Waals surface area contributed by atoms with Crippen LogP contribution in [0.3, 0.4) is 0 Å². The summed E-state index contributed by atoms with van der Waals surface area (Å²) >= 11 is 6.22. The molecule has 0 spiro atoms. The first kappa shape index (κ1) is 16.8. The number of pyridine rings is 1. The molecule has 1 saturated carbocycles. The van der Waals surface area contributed by atoms with Crippen LogP contribution in [-0.2, 0) is 0 Å². The summed E-state index contributed by atoms with van der Waals surface area (Å²) < 4.78 is 7.68. The maximum absolute atomic E-state index is 12.6. The smallest absolute Gasteiger partial charge is 0.341 e. The van der Waals surface area contributed by atoms with Crippen molar-refractivity contribution in [3.05, 3.63) is 39.1 Å². The van der Waals surface area contributed by atoms with Gasteiger partial charge in [-0.15, -0.1) is 0 Å². The van der Waals surface area contributed by atoms with Crippen molar-refractivity contribution < 1.29 is 14.6 Å². The molecule has 0 atom stereocenters. The number of fused-ring (bicyclic) bond motifs is 1. The molecule has 1 aromatic heterocycles. The largest absolute Gasteiger partial charge is 0.490 e. The molecule has 2 aromatic rings. The van der Waals surface area contributed by atoms with E-state index < -0.39 is 11.4 Å². The summed E-state index contributed by atoms with van der Waals surface area (Å²) in [7, 11) is 3.89. The number of benzene rings is 1. The Balaban J connectivity index is 2.20. The number of aromatic nitrogens is 1. The predicted molar refractivity (Wildman–Crippen MR) is 92.5 cm³/mol. The standard InChI is InChI=1S/C17H19ClN2O4/c1-19(2)7-8-24-13-6-5-12(18)14-15(13)20(10-3-4-10)9-11(16(14)21)17(22)23/h5-6,9-10H,3-4,7-8H2,1-2H3,(H,22,23). The van der Waals surface area contributed by atoms with Crippen LogP contribution in [0.5, 0.6) is 5.75 Å². The molecule has 1 heterocycles. The quantitative estimate of drug-likeness (QED) is 0.867. The highest BCUT2D eigenvalue weighted by atomic mass is 35.5. The summed E-state index contributed by atoms with van der Waals surface area (Å²) in [5.41, 5.74) is -0.252. The summed E-state index contributed by atoms with van der Waals surface area (Å²) in [6.07, 6.45) is 3.31. The van der Waals surface area contributed by atoms with Gasteiger partial charge in [0.25, 0.3) is 0 Å². The predicted octanol–water partition coefficient (Wildman–Crippen LogP) is 2.63. The van der Waals surface area contributed by atoms with E-state index in [0.717, 1.165) is 19.4 Å². The molecule has 0 unspecified atom stereocenters. The van der Waals surface area contributed by atoms with Crippen molar-refractivity contribution in [1.82, 2.24) is 9.47 Å². The van der Waals surface area contributed by atoms with Crippen molar-refractivity contribution in [2.24, 2.45) is 0 Å². The average Bonchev–Trinajstić information content (AvgIpc) is 3.33. The molecule has 0 radical (unpaired) electrons. The lowest BCUT2D eigenvalue weighted by molar-refractivity contribution is 0.0695. The normalized spacial score (nSPS) is 14.3. The van der Waals surface area contributed by atoms with Gasteiger partial charge in [0.2, 0.25) is 5.43 Å². The van der Waals surface area contributed by atoms with E-state index in [0.29, 0.717) is 17.9 Å². The van der Waals surface area contributed by atoms with E-state index in [2.05, 4.69) is 0 Å². The third-order valence-electron chi connectivity index (χ3n) is 4.05.